The third-order valence-corrected chi connectivity index (χ3v) is 6.54. The number of benzene rings is 1. The van der Waals surface area contributed by atoms with Crippen molar-refractivity contribution in [2.75, 3.05) is 19.6 Å². The number of amides is 3. The van der Waals surface area contributed by atoms with Gasteiger partial charge in [-0.3, -0.25) is 19.3 Å². The van der Waals surface area contributed by atoms with E-state index in [2.05, 4.69) is 5.32 Å². The molecule has 1 N–H and O–H groups in total. The van der Waals surface area contributed by atoms with Crippen LogP contribution in [0.4, 0.5) is 0 Å². The number of hydrogen-bond donors (Lipinski definition) is 1. The number of rotatable bonds is 9. The summed E-state index contributed by atoms with van der Waals surface area (Å²) in [4.78, 5) is 36.3. The smallest absolute Gasteiger partial charge is 0.243 e. The van der Waals surface area contributed by atoms with Crippen LogP contribution in [0.2, 0.25) is 0 Å². The molecule has 8 nitrogen and oxygen atoms in total. The van der Waals surface area contributed by atoms with Crippen molar-refractivity contribution >= 4 is 27.7 Å². The van der Waals surface area contributed by atoms with Gasteiger partial charge in [-0.15, -0.1) is 0 Å². The Hall–Kier alpha value is -2.26. The zero-order chi connectivity index (χ0) is 20.0. The van der Waals surface area contributed by atoms with Crippen LogP contribution < -0.4 is 5.32 Å². The van der Waals surface area contributed by atoms with Gasteiger partial charge in [-0.25, -0.2) is 8.42 Å². The summed E-state index contributed by atoms with van der Waals surface area (Å²) in [5.74, 6) is -0.752. The minimum absolute atomic E-state index is 0.0475. The molecule has 1 heterocycles. The van der Waals surface area contributed by atoms with Crippen LogP contribution in [0.15, 0.2) is 29.2 Å². The second-order valence-corrected chi connectivity index (χ2v) is 8.14. The lowest BCUT2D eigenvalue weighted by Gasteiger charge is -2.18. The van der Waals surface area contributed by atoms with Crippen molar-refractivity contribution in [2.45, 2.75) is 44.6 Å². The lowest BCUT2D eigenvalue weighted by atomic mass is 10.2. The van der Waals surface area contributed by atoms with Gasteiger partial charge >= 0.3 is 0 Å². The van der Waals surface area contributed by atoms with E-state index in [0.29, 0.717) is 13.1 Å². The molecule has 0 aromatic heterocycles. The Labute approximate surface area is 159 Å². The summed E-state index contributed by atoms with van der Waals surface area (Å²) in [6, 6.07) is 6.36. The van der Waals surface area contributed by atoms with E-state index in [1.807, 2.05) is 0 Å². The first-order valence-corrected chi connectivity index (χ1v) is 10.4. The number of nitrogens with zero attached hydrogens (tertiary/aromatic N) is 2. The van der Waals surface area contributed by atoms with Gasteiger partial charge in [-0.05, 0) is 17.7 Å². The highest BCUT2D eigenvalue weighted by atomic mass is 32.2. The maximum Gasteiger partial charge on any atom is 0.243 e. The first kappa shape index (κ1) is 21.0. The molecule has 0 spiro atoms. The third kappa shape index (κ3) is 5.14. The minimum atomic E-state index is -3.50. The molecule has 27 heavy (non-hydrogen) atoms. The molecule has 2 rings (SSSR count). The number of sulfonamides is 1. The Morgan fingerprint density at radius 1 is 1.07 bits per heavy atom. The van der Waals surface area contributed by atoms with Crippen molar-refractivity contribution in [3.05, 3.63) is 29.8 Å². The lowest BCUT2D eigenvalue weighted by Crippen LogP contribution is -2.34. The number of nitrogens with one attached hydrogen (secondary N) is 1. The van der Waals surface area contributed by atoms with Crippen LogP contribution in [0.25, 0.3) is 0 Å². The summed E-state index contributed by atoms with van der Waals surface area (Å²) < 4.78 is 26.2. The number of carbonyl (C=O) groups excluding carboxylic acids is 3. The Bertz CT molecular complexity index is 785. The van der Waals surface area contributed by atoms with Gasteiger partial charge < -0.3 is 5.32 Å². The average Bonchev–Trinajstić information content (AvgIpc) is 2.97. The standard InChI is InChI=1S/C18H25N3O5S/c1-3-20(4-2)27(25,26)15-7-5-14(6-8-15)13-19-16(22)11-12-21-17(23)9-10-18(21)24/h5-8H,3-4,9-13H2,1-2H3,(H,19,22). The number of imide groups is 1. The lowest BCUT2D eigenvalue weighted by molar-refractivity contribution is -0.138. The minimum Gasteiger partial charge on any atom is -0.352 e. The van der Waals surface area contributed by atoms with Crippen LogP contribution in [-0.2, 0) is 31.0 Å². The fourth-order valence-electron chi connectivity index (χ4n) is 2.87. The highest BCUT2D eigenvalue weighted by Gasteiger charge is 2.28. The van der Waals surface area contributed by atoms with Crippen molar-refractivity contribution in [3.63, 3.8) is 0 Å². The maximum atomic E-state index is 12.4. The van der Waals surface area contributed by atoms with Crippen LogP contribution in [0.3, 0.4) is 0 Å². The van der Waals surface area contributed by atoms with Crippen molar-refractivity contribution in [1.29, 1.82) is 0 Å². The van der Waals surface area contributed by atoms with Crippen LogP contribution >= 0.6 is 0 Å². The predicted molar refractivity (Wildman–Crippen MR) is 99.0 cm³/mol. The van der Waals surface area contributed by atoms with E-state index in [-0.39, 0.29) is 55.0 Å². The normalized spacial score (nSPS) is 14.9. The maximum absolute atomic E-state index is 12.4. The van der Waals surface area contributed by atoms with Gasteiger partial charge in [-0.1, -0.05) is 26.0 Å². The summed E-state index contributed by atoms with van der Waals surface area (Å²) >= 11 is 0. The fraction of sp³-hybridized carbons (Fsp3) is 0.500. The van der Waals surface area contributed by atoms with Crippen LogP contribution in [0.5, 0.6) is 0 Å². The molecule has 0 saturated carbocycles. The molecule has 3 amide bonds. The molecular weight excluding hydrogens is 370 g/mol. The van der Waals surface area contributed by atoms with Gasteiger partial charge in [0, 0.05) is 45.4 Å². The molecular formula is C18H25N3O5S. The molecule has 148 valence electrons. The van der Waals surface area contributed by atoms with Gasteiger partial charge in [0.25, 0.3) is 0 Å². The van der Waals surface area contributed by atoms with Crippen LogP contribution in [0.1, 0.15) is 38.7 Å². The second kappa shape index (κ2) is 9.09. The van der Waals surface area contributed by atoms with Gasteiger partial charge in [0.2, 0.25) is 27.7 Å². The first-order chi connectivity index (χ1) is 12.8. The van der Waals surface area contributed by atoms with Gasteiger partial charge in [-0.2, -0.15) is 4.31 Å². The van der Waals surface area contributed by atoms with E-state index >= 15 is 0 Å². The molecule has 0 atom stereocenters. The van der Waals surface area contributed by atoms with Crippen molar-refractivity contribution in [2.24, 2.45) is 0 Å². The van der Waals surface area contributed by atoms with Crippen molar-refractivity contribution in [3.8, 4) is 0 Å². The Balaban J connectivity index is 1.87. The molecule has 1 aliphatic heterocycles. The van der Waals surface area contributed by atoms with Crippen molar-refractivity contribution < 1.29 is 22.8 Å². The summed E-state index contributed by atoms with van der Waals surface area (Å²) in [7, 11) is -3.50. The molecule has 0 radical (unpaired) electrons. The van der Waals surface area contributed by atoms with E-state index in [4.69, 9.17) is 0 Å². The van der Waals surface area contributed by atoms with E-state index < -0.39 is 10.0 Å². The van der Waals surface area contributed by atoms with E-state index in [0.717, 1.165) is 10.5 Å². The topological polar surface area (TPSA) is 104 Å². The number of carbonyl (C=O) groups is 3. The van der Waals surface area contributed by atoms with Crippen LogP contribution in [-0.4, -0.2) is 55.0 Å². The Morgan fingerprint density at radius 3 is 2.15 bits per heavy atom. The Kier molecular flexibility index (Phi) is 7.09. The highest BCUT2D eigenvalue weighted by Crippen LogP contribution is 2.16. The number of hydrogen-bond acceptors (Lipinski definition) is 5. The third-order valence-electron chi connectivity index (χ3n) is 4.47. The predicted octanol–water partition coefficient (Wildman–Crippen LogP) is 0.872. The fourth-order valence-corrected chi connectivity index (χ4v) is 4.32. The van der Waals surface area contributed by atoms with Gasteiger partial charge in [0.05, 0.1) is 4.90 Å². The van der Waals surface area contributed by atoms with E-state index in [1.165, 1.54) is 16.4 Å². The van der Waals surface area contributed by atoms with Gasteiger partial charge in [0.15, 0.2) is 0 Å². The molecule has 1 aromatic rings. The van der Waals surface area contributed by atoms with Crippen molar-refractivity contribution in [1.82, 2.24) is 14.5 Å². The van der Waals surface area contributed by atoms with Gasteiger partial charge in [0.1, 0.15) is 0 Å². The molecule has 0 aliphatic carbocycles. The average molecular weight is 395 g/mol. The summed E-state index contributed by atoms with van der Waals surface area (Å²) in [5, 5.41) is 2.71. The first-order valence-electron chi connectivity index (χ1n) is 8.98. The highest BCUT2D eigenvalue weighted by molar-refractivity contribution is 7.89. The zero-order valence-electron chi connectivity index (χ0n) is 15.6. The summed E-state index contributed by atoms with van der Waals surface area (Å²) in [6.45, 7) is 4.71. The SMILES string of the molecule is CCN(CC)S(=O)(=O)c1ccc(CNC(=O)CCN2C(=O)CCC2=O)cc1. The largest absolute Gasteiger partial charge is 0.352 e. The summed E-state index contributed by atoms with van der Waals surface area (Å²) in [6.07, 6.45) is 0.471. The molecule has 1 saturated heterocycles. The molecule has 0 bridgehead atoms. The molecule has 1 fully saturated rings. The molecule has 1 aromatic carbocycles. The molecule has 1 aliphatic rings. The quantitative estimate of drug-likeness (QED) is 0.625. The van der Waals surface area contributed by atoms with E-state index in [9.17, 15) is 22.8 Å². The second-order valence-electron chi connectivity index (χ2n) is 6.20. The molecule has 0 unspecified atom stereocenters. The zero-order valence-corrected chi connectivity index (χ0v) is 16.4. The Morgan fingerprint density at radius 2 is 1.63 bits per heavy atom. The molecule has 9 heteroatoms. The summed E-state index contributed by atoms with van der Waals surface area (Å²) in [5.41, 5.74) is 0.759. The van der Waals surface area contributed by atoms with Crippen LogP contribution in [0, 0.1) is 0 Å². The monoisotopic (exact) mass is 395 g/mol. The number of likely N-dealkylation sites (tertiary alicyclic amines) is 1. The van der Waals surface area contributed by atoms with E-state index in [1.54, 1.807) is 26.0 Å².